The zero-order valence-corrected chi connectivity index (χ0v) is 11.4. The highest BCUT2D eigenvalue weighted by molar-refractivity contribution is 4.87. The summed E-state index contributed by atoms with van der Waals surface area (Å²) in [5, 5.41) is 0. The number of alkyl halides is 3. The van der Waals surface area contributed by atoms with E-state index in [2.05, 4.69) is 5.43 Å². The molecule has 0 aliphatic heterocycles. The summed E-state index contributed by atoms with van der Waals surface area (Å²) in [6, 6.07) is -0.176. The molecule has 112 valence electrons. The summed E-state index contributed by atoms with van der Waals surface area (Å²) in [7, 11) is 0. The van der Waals surface area contributed by atoms with E-state index >= 15 is 0 Å². The second-order valence-electron chi connectivity index (χ2n) is 6.30. The fraction of sp³-hybridized carbons (Fsp3) is 1.00. The van der Waals surface area contributed by atoms with Crippen molar-refractivity contribution in [2.75, 3.05) is 0 Å². The average Bonchev–Trinajstić information content (AvgIpc) is 2.38. The maximum absolute atomic E-state index is 12.3. The van der Waals surface area contributed by atoms with E-state index in [0.29, 0.717) is 5.92 Å². The number of hydrazine groups is 1. The molecule has 2 aliphatic carbocycles. The SMILES string of the molecule is NNC(CCC(F)(F)F)C1CCC2CCCCC2C1. The summed E-state index contributed by atoms with van der Waals surface area (Å²) >= 11 is 0. The maximum atomic E-state index is 12.3. The summed E-state index contributed by atoms with van der Waals surface area (Å²) in [4.78, 5) is 0. The minimum Gasteiger partial charge on any atom is -0.271 e. The molecule has 0 spiro atoms. The third-order valence-corrected chi connectivity index (χ3v) is 5.10. The molecule has 0 radical (unpaired) electrons. The molecule has 0 heterocycles. The fourth-order valence-corrected chi connectivity index (χ4v) is 4.05. The molecule has 0 bridgehead atoms. The Morgan fingerprint density at radius 1 is 1.05 bits per heavy atom. The van der Waals surface area contributed by atoms with Crippen molar-refractivity contribution in [1.29, 1.82) is 0 Å². The zero-order chi connectivity index (χ0) is 13.9. The smallest absolute Gasteiger partial charge is 0.271 e. The van der Waals surface area contributed by atoms with Crippen LogP contribution in [0, 0.1) is 17.8 Å². The number of fused-ring (bicyclic) bond motifs is 1. The van der Waals surface area contributed by atoms with E-state index < -0.39 is 12.6 Å². The van der Waals surface area contributed by atoms with Crippen molar-refractivity contribution in [3.05, 3.63) is 0 Å². The quantitative estimate of drug-likeness (QED) is 0.607. The van der Waals surface area contributed by atoms with E-state index in [0.717, 1.165) is 24.7 Å². The Morgan fingerprint density at radius 2 is 1.74 bits per heavy atom. The van der Waals surface area contributed by atoms with Crippen molar-refractivity contribution < 1.29 is 13.2 Å². The third-order valence-electron chi connectivity index (χ3n) is 5.10. The largest absolute Gasteiger partial charge is 0.389 e. The molecule has 2 saturated carbocycles. The van der Waals surface area contributed by atoms with E-state index in [1.165, 1.54) is 32.1 Å². The number of halogens is 3. The lowest BCUT2D eigenvalue weighted by Gasteiger charge is -2.42. The van der Waals surface area contributed by atoms with Crippen molar-refractivity contribution in [2.24, 2.45) is 23.6 Å². The van der Waals surface area contributed by atoms with Crippen molar-refractivity contribution in [3.8, 4) is 0 Å². The lowest BCUT2D eigenvalue weighted by molar-refractivity contribution is -0.137. The molecule has 19 heavy (non-hydrogen) atoms. The van der Waals surface area contributed by atoms with E-state index in [9.17, 15) is 13.2 Å². The van der Waals surface area contributed by atoms with Gasteiger partial charge in [0, 0.05) is 12.5 Å². The van der Waals surface area contributed by atoms with Gasteiger partial charge in [0.15, 0.2) is 0 Å². The number of nitrogens with one attached hydrogen (secondary N) is 1. The molecule has 0 amide bonds. The molecule has 0 aromatic rings. The second kappa shape index (κ2) is 6.44. The maximum Gasteiger partial charge on any atom is 0.389 e. The van der Waals surface area contributed by atoms with Crippen molar-refractivity contribution in [1.82, 2.24) is 5.43 Å². The van der Waals surface area contributed by atoms with E-state index in [4.69, 9.17) is 5.84 Å². The van der Waals surface area contributed by atoms with E-state index in [1.54, 1.807) is 0 Å². The van der Waals surface area contributed by atoms with Crippen LogP contribution in [0.1, 0.15) is 57.8 Å². The molecule has 2 rings (SSSR count). The Bertz CT molecular complexity index is 280. The molecule has 4 unspecified atom stereocenters. The van der Waals surface area contributed by atoms with Crippen LogP contribution in [0.15, 0.2) is 0 Å². The first-order valence-corrected chi connectivity index (χ1v) is 7.52. The van der Waals surface area contributed by atoms with Crippen molar-refractivity contribution in [2.45, 2.75) is 70.0 Å². The van der Waals surface area contributed by atoms with Gasteiger partial charge in [0.25, 0.3) is 0 Å². The van der Waals surface area contributed by atoms with Crippen molar-refractivity contribution in [3.63, 3.8) is 0 Å². The van der Waals surface area contributed by atoms with Crippen LogP contribution in [0.2, 0.25) is 0 Å². The van der Waals surface area contributed by atoms with Gasteiger partial charge >= 0.3 is 6.18 Å². The average molecular weight is 278 g/mol. The molecule has 0 aromatic carbocycles. The van der Waals surface area contributed by atoms with Crippen LogP contribution in [0.4, 0.5) is 13.2 Å². The molecule has 2 aliphatic rings. The first kappa shape index (κ1) is 15.1. The van der Waals surface area contributed by atoms with Gasteiger partial charge in [-0.3, -0.25) is 11.3 Å². The number of hydrogen-bond donors (Lipinski definition) is 2. The second-order valence-corrected chi connectivity index (χ2v) is 6.30. The topological polar surface area (TPSA) is 38.0 Å². The summed E-state index contributed by atoms with van der Waals surface area (Å²) in [5.41, 5.74) is 2.64. The molecule has 5 heteroatoms. The predicted octanol–water partition coefficient (Wildman–Crippen LogP) is 3.77. The molecular weight excluding hydrogens is 253 g/mol. The first-order chi connectivity index (χ1) is 8.99. The van der Waals surface area contributed by atoms with E-state index in [1.807, 2.05) is 0 Å². The monoisotopic (exact) mass is 278 g/mol. The summed E-state index contributed by atoms with van der Waals surface area (Å²) in [6.07, 6.45) is 3.80. The van der Waals surface area contributed by atoms with Crippen LogP contribution < -0.4 is 11.3 Å². The standard InChI is InChI=1S/C14H25F3N2/c15-14(16,17)8-7-13(19-18)12-6-5-10-3-1-2-4-11(10)9-12/h10-13,19H,1-9,18H2. The van der Waals surface area contributed by atoms with Gasteiger partial charge in [0.1, 0.15) is 0 Å². The fourth-order valence-electron chi connectivity index (χ4n) is 4.05. The lowest BCUT2D eigenvalue weighted by Crippen LogP contribution is -2.44. The van der Waals surface area contributed by atoms with E-state index in [-0.39, 0.29) is 12.5 Å². The van der Waals surface area contributed by atoms with Crippen LogP contribution in [0.3, 0.4) is 0 Å². The predicted molar refractivity (Wildman–Crippen MR) is 69.2 cm³/mol. The van der Waals surface area contributed by atoms with Gasteiger partial charge in [-0.1, -0.05) is 25.7 Å². The number of nitrogens with two attached hydrogens (primary N) is 1. The molecule has 0 aromatic heterocycles. The molecule has 0 saturated heterocycles. The first-order valence-electron chi connectivity index (χ1n) is 7.52. The Hall–Kier alpha value is -0.290. The highest BCUT2D eigenvalue weighted by Crippen LogP contribution is 2.44. The number of rotatable bonds is 4. The van der Waals surface area contributed by atoms with Gasteiger partial charge < -0.3 is 0 Å². The number of hydrogen-bond acceptors (Lipinski definition) is 2. The van der Waals surface area contributed by atoms with Gasteiger partial charge in [-0.2, -0.15) is 13.2 Å². The Kier molecular flexibility index (Phi) is 5.12. The molecular formula is C14H25F3N2. The van der Waals surface area contributed by atoms with Gasteiger partial charge in [-0.05, 0) is 43.4 Å². The van der Waals surface area contributed by atoms with Gasteiger partial charge in [0.05, 0.1) is 0 Å². The van der Waals surface area contributed by atoms with Crippen LogP contribution >= 0.6 is 0 Å². The van der Waals surface area contributed by atoms with Gasteiger partial charge in [0.2, 0.25) is 0 Å². The minimum absolute atomic E-state index is 0.113. The third kappa shape index (κ3) is 4.35. The summed E-state index contributed by atoms with van der Waals surface area (Å²) in [6.45, 7) is 0. The summed E-state index contributed by atoms with van der Waals surface area (Å²) < 4.78 is 37.0. The molecule has 2 nitrogen and oxygen atoms in total. The Labute approximate surface area is 113 Å². The zero-order valence-electron chi connectivity index (χ0n) is 11.4. The van der Waals surface area contributed by atoms with Crippen molar-refractivity contribution >= 4 is 0 Å². The molecule has 4 atom stereocenters. The Balaban J connectivity index is 1.85. The van der Waals surface area contributed by atoms with Gasteiger partial charge in [-0.25, -0.2) is 0 Å². The van der Waals surface area contributed by atoms with Crippen LogP contribution in [-0.4, -0.2) is 12.2 Å². The minimum atomic E-state index is -4.07. The normalized spacial score (nSPS) is 33.8. The molecule has 3 N–H and O–H groups in total. The highest BCUT2D eigenvalue weighted by atomic mass is 19.4. The lowest BCUT2D eigenvalue weighted by atomic mass is 9.66. The molecule has 2 fully saturated rings. The summed E-state index contributed by atoms with van der Waals surface area (Å²) in [5.74, 6) is 7.37. The van der Waals surface area contributed by atoms with Crippen LogP contribution in [0.25, 0.3) is 0 Å². The van der Waals surface area contributed by atoms with Crippen LogP contribution in [0.5, 0.6) is 0 Å². The van der Waals surface area contributed by atoms with Gasteiger partial charge in [-0.15, -0.1) is 0 Å². The Morgan fingerprint density at radius 3 is 2.37 bits per heavy atom. The van der Waals surface area contributed by atoms with Crippen LogP contribution in [-0.2, 0) is 0 Å². The highest BCUT2D eigenvalue weighted by Gasteiger charge is 2.36.